The van der Waals surface area contributed by atoms with E-state index in [0.29, 0.717) is 12.2 Å². The lowest BCUT2D eigenvalue weighted by atomic mass is 10.2. The number of rotatable bonds is 5. The molecule has 0 saturated heterocycles. The number of anilines is 1. The third kappa shape index (κ3) is 3.59. The van der Waals surface area contributed by atoms with E-state index < -0.39 is 0 Å². The Labute approximate surface area is 109 Å². The highest BCUT2D eigenvalue weighted by Crippen LogP contribution is 2.15. The first kappa shape index (κ1) is 12.6. The van der Waals surface area contributed by atoms with Gasteiger partial charge in [0.05, 0.1) is 0 Å². The molecule has 0 atom stereocenters. The molecular weight excluding hydrogens is 248 g/mol. The second-order valence-corrected chi connectivity index (χ2v) is 4.84. The quantitative estimate of drug-likeness (QED) is 0.811. The lowest BCUT2D eigenvalue weighted by Gasteiger charge is -2.07. The first-order chi connectivity index (χ1) is 8.75. The van der Waals surface area contributed by atoms with Crippen LogP contribution in [0.4, 0.5) is 5.69 Å². The summed E-state index contributed by atoms with van der Waals surface area (Å²) in [6.45, 7) is 1.97. The molecule has 2 aromatic rings. The summed E-state index contributed by atoms with van der Waals surface area (Å²) in [7, 11) is 0. The van der Waals surface area contributed by atoms with E-state index in [1.807, 2.05) is 31.2 Å². The van der Waals surface area contributed by atoms with Crippen molar-refractivity contribution >= 4 is 23.4 Å². The van der Waals surface area contributed by atoms with Crippen LogP contribution in [-0.2, 0) is 4.79 Å². The van der Waals surface area contributed by atoms with Gasteiger partial charge >= 0.3 is 0 Å². The number of amides is 1. The number of nitrogens with zero attached hydrogens (tertiary/aromatic N) is 2. The van der Waals surface area contributed by atoms with E-state index in [-0.39, 0.29) is 5.91 Å². The Balaban J connectivity index is 1.77. The summed E-state index contributed by atoms with van der Waals surface area (Å²) in [5.74, 6) is 0.684. The second kappa shape index (κ2) is 6.20. The normalized spacial score (nSPS) is 10.3. The van der Waals surface area contributed by atoms with E-state index in [4.69, 9.17) is 0 Å². The molecule has 0 aliphatic rings. The SMILES string of the molecule is Cc1ccccc1NC(=O)CCSc1ncn[nH]1. The molecular formula is C12H14N4OS. The van der Waals surface area contributed by atoms with Crippen LogP contribution in [0.1, 0.15) is 12.0 Å². The van der Waals surface area contributed by atoms with Crippen molar-refractivity contribution in [3.8, 4) is 0 Å². The fourth-order valence-electron chi connectivity index (χ4n) is 1.43. The Hall–Kier alpha value is -1.82. The van der Waals surface area contributed by atoms with Crippen molar-refractivity contribution in [2.45, 2.75) is 18.5 Å². The lowest BCUT2D eigenvalue weighted by molar-refractivity contribution is -0.115. The molecule has 0 bridgehead atoms. The van der Waals surface area contributed by atoms with Gasteiger partial charge in [-0.3, -0.25) is 9.89 Å². The van der Waals surface area contributed by atoms with Gasteiger partial charge in [-0.05, 0) is 18.6 Å². The number of para-hydroxylation sites is 1. The highest BCUT2D eigenvalue weighted by molar-refractivity contribution is 7.99. The molecule has 1 aromatic heterocycles. The molecule has 18 heavy (non-hydrogen) atoms. The maximum atomic E-state index is 11.7. The van der Waals surface area contributed by atoms with Gasteiger partial charge in [0.15, 0.2) is 5.16 Å². The minimum absolute atomic E-state index is 0.0105. The van der Waals surface area contributed by atoms with Gasteiger partial charge in [-0.1, -0.05) is 30.0 Å². The van der Waals surface area contributed by atoms with Crippen LogP contribution in [-0.4, -0.2) is 26.8 Å². The van der Waals surface area contributed by atoms with E-state index in [0.717, 1.165) is 16.4 Å². The third-order valence-corrected chi connectivity index (χ3v) is 3.26. The van der Waals surface area contributed by atoms with E-state index in [9.17, 15) is 4.79 Å². The Morgan fingerprint density at radius 2 is 2.28 bits per heavy atom. The zero-order valence-electron chi connectivity index (χ0n) is 10.0. The molecule has 2 N–H and O–H groups in total. The van der Waals surface area contributed by atoms with Gasteiger partial charge in [0.25, 0.3) is 0 Å². The highest BCUT2D eigenvalue weighted by Gasteiger charge is 2.05. The number of carbonyl (C=O) groups is 1. The molecule has 94 valence electrons. The standard InChI is InChI=1S/C12H14N4OS/c1-9-4-2-3-5-10(9)15-11(17)6-7-18-12-13-8-14-16-12/h2-5,8H,6-7H2,1H3,(H,15,17)(H,13,14,16). The minimum Gasteiger partial charge on any atom is -0.326 e. The van der Waals surface area contributed by atoms with Crippen molar-refractivity contribution in [2.24, 2.45) is 0 Å². The van der Waals surface area contributed by atoms with Crippen molar-refractivity contribution in [3.63, 3.8) is 0 Å². The van der Waals surface area contributed by atoms with Gasteiger partial charge in [0.2, 0.25) is 5.91 Å². The monoisotopic (exact) mass is 262 g/mol. The van der Waals surface area contributed by atoms with Crippen LogP contribution < -0.4 is 5.32 Å². The number of hydrogen-bond donors (Lipinski definition) is 2. The number of aryl methyl sites for hydroxylation is 1. The van der Waals surface area contributed by atoms with Gasteiger partial charge in [-0.15, -0.1) is 0 Å². The van der Waals surface area contributed by atoms with Crippen molar-refractivity contribution in [2.75, 3.05) is 11.1 Å². The zero-order valence-corrected chi connectivity index (χ0v) is 10.8. The van der Waals surface area contributed by atoms with Crippen LogP contribution >= 0.6 is 11.8 Å². The Kier molecular flexibility index (Phi) is 4.35. The summed E-state index contributed by atoms with van der Waals surface area (Å²) < 4.78 is 0. The second-order valence-electron chi connectivity index (χ2n) is 3.75. The first-order valence-corrected chi connectivity index (χ1v) is 6.58. The maximum Gasteiger partial charge on any atom is 0.225 e. The molecule has 5 nitrogen and oxygen atoms in total. The molecule has 0 spiro atoms. The van der Waals surface area contributed by atoms with Crippen molar-refractivity contribution in [1.29, 1.82) is 0 Å². The van der Waals surface area contributed by atoms with Crippen LogP contribution in [0.3, 0.4) is 0 Å². The number of aromatic nitrogens is 3. The maximum absolute atomic E-state index is 11.7. The topological polar surface area (TPSA) is 70.7 Å². The van der Waals surface area contributed by atoms with Gasteiger partial charge < -0.3 is 5.32 Å². The lowest BCUT2D eigenvalue weighted by Crippen LogP contribution is -2.12. The molecule has 1 heterocycles. The van der Waals surface area contributed by atoms with E-state index >= 15 is 0 Å². The number of H-pyrrole nitrogens is 1. The minimum atomic E-state index is 0.0105. The Bertz CT molecular complexity index is 513. The van der Waals surface area contributed by atoms with Crippen LogP contribution in [0.15, 0.2) is 35.7 Å². The third-order valence-electron chi connectivity index (χ3n) is 2.38. The van der Waals surface area contributed by atoms with Crippen molar-refractivity contribution in [3.05, 3.63) is 36.2 Å². The molecule has 0 fully saturated rings. The van der Waals surface area contributed by atoms with Crippen molar-refractivity contribution < 1.29 is 4.79 Å². The van der Waals surface area contributed by atoms with Crippen molar-refractivity contribution in [1.82, 2.24) is 15.2 Å². The van der Waals surface area contributed by atoms with Crippen LogP contribution in [0, 0.1) is 6.92 Å². The number of thioether (sulfide) groups is 1. The fraction of sp³-hybridized carbons (Fsp3) is 0.250. The summed E-state index contributed by atoms with van der Waals surface area (Å²) in [5.41, 5.74) is 1.93. The molecule has 0 aliphatic heterocycles. The Morgan fingerprint density at radius 1 is 1.44 bits per heavy atom. The van der Waals surface area contributed by atoms with Gasteiger partial charge in [0.1, 0.15) is 6.33 Å². The summed E-state index contributed by atoms with van der Waals surface area (Å²) in [6, 6.07) is 7.73. The summed E-state index contributed by atoms with van der Waals surface area (Å²) in [5, 5.41) is 10.1. The number of nitrogens with one attached hydrogen (secondary N) is 2. The largest absolute Gasteiger partial charge is 0.326 e. The molecule has 1 amide bonds. The highest BCUT2D eigenvalue weighted by atomic mass is 32.2. The first-order valence-electron chi connectivity index (χ1n) is 5.59. The molecule has 6 heteroatoms. The fourth-order valence-corrected chi connectivity index (χ4v) is 2.15. The van der Waals surface area contributed by atoms with Crippen LogP contribution in [0.25, 0.3) is 0 Å². The molecule has 0 unspecified atom stereocenters. The summed E-state index contributed by atoms with van der Waals surface area (Å²) in [4.78, 5) is 15.7. The molecule has 1 aromatic carbocycles. The van der Waals surface area contributed by atoms with Gasteiger partial charge in [-0.2, -0.15) is 5.10 Å². The summed E-state index contributed by atoms with van der Waals surface area (Å²) >= 11 is 1.48. The molecule has 0 saturated carbocycles. The van der Waals surface area contributed by atoms with Crippen LogP contribution in [0.5, 0.6) is 0 Å². The number of benzene rings is 1. The van der Waals surface area contributed by atoms with E-state index in [2.05, 4.69) is 20.5 Å². The predicted molar refractivity (Wildman–Crippen MR) is 71.5 cm³/mol. The molecule has 2 rings (SSSR count). The zero-order chi connectivity index (χ0) is 12.8. The van der Waals surface area contributed by atoms with Crippen LogP contribution in [0.2, 0.25) is 0 Å². The number of carbonyl (C=O) groups excluding carboxylic acids is 1. The smallest absolute Gasteiger partial charge is 0.225 e. The average molecular weight is 262 g/mol. The summed E-state index contributed by atoms with van der Waals surface area (Å²) in [6.07, 6.45) is 1.90. The number of aromatic amines is 1. The van der Waals surface area contributed by atoms with E-state index in [1.165, 1.54) is 18.1 Å². The van der Waals surface area contributed by atoms with E-state index in [1.54, 1.807) is 0 Å². The Morgan fingerprint density at radius 3 is 3.00 bits per heavy atom. The predicted octanol–water partition coefficient (Wildman–Crippen LogP) is 2.23. The number of hydrogen-bond acceptors (Lipinski definition) is 4. The van der Waals surface area contributed by atoms with Gasteiger partial charge in [0, 0.05) is 17.9 Å². The van der Waals surface area contributed by atoms with Gasteiger partial charge in [-0.25, -0.2) is 4.98 Å². The molecule has 0 radical (unpaired) electrons. The average Bonchev–Trinajstić information content (AvgIpc) is 2.85. The molecule has 0 aliphatic carbocycles.